The zero-order chi connectivity index (χ0) is 17.3. The predicted octanol–water partition coefficient (Wildman–Crippen LogP) is 4.15. The number of nitrogens with zero attached hydrogens (tertiary/aromatic N) is 1. The smallest absolute Gasteiger partial charge is 0.264 e. The Labute approximate surface area is 149 Å². The van der Waals surface area contributed by atoms with Crippen LogP contribution in [0.2, 0.25) is 0 Å². The summed E-state index contributed by atoms with van der Waals surface area (Å²) in [5.41, 5.74) is 1.90. The molecule has 5 heteroatoms. The van der Waals surface area contributed by atoms with Gasteiger partial charge in [0.25, 0.3) is 10.0 Å². The average Bonchev–Trinajstić information content (AvgIpc) is 3.15. The Balaban J connectivity index is 1.58. The molecule has 4 nitrogen and oxygen atoms in total. The van der Waals surface area contributed by atoms with Gasteiger partial charge in [-0.1, -0.05) is 18.2 Å². The Kier molecular flexibility index (Phi) is 4.42. The third-order valence-electron chi connectivity index (χ3n) is 5.08. The van der Waals surface area contributed by atoms with Crippen molar-refractivity contribution in [3.63, 3.8) is 0 Å². The number of fused-ring (bicyclic) bond motifs is 1. The van der Waals surface area contributed by atoms with E-state index in [0.29, 0.717) is 11.4 Å². The summed E-state index contributed by atoms with van der Waals surface area (Å²) in [4.78, 5) is 0.322. The monoisotopic (exact) mass is 357 g/mol. The normalized spacial score (nSPS) is 18.2. The van der Waals surface area contributed by atoms with Crippen molar-refractivity contribution in [3.8, 4) is 5.75 Å². The lowest BCUT2D eigenvalue weighted by molar-refractivity contribution is 0.210. The maximum absolute atomic E-state index is 13.1. The molecule has 1 fully saturated rings. The van der Waals surface area contributed by atoms with Crippen molar-refractivity contribution in [2.45, 2.75) is 49.5 Å². The molecular weight excluding hydrogens is 334 g/mol. The van der Waals surface area contributed by atoms with E-state index in [9.17, 15) is 8.42 Å². The van der Waals surface area contributed by atoms with E-state index in [0.717, 1.165) is 42.7 Å². The Bertz CT molecular complexity index is 839. The van der Waals surface area contributed by atoms with Crippen LogP contribution in [-0.2, 0) is 16.4 Å². The van der Waals surface area contributed by atoms with Crippen LogP contribution in [0.1, 0.15) is 37.7 Å². The molecule has 2 aliphatic rings. The minimum Gasteiger partial charge on any atom is -0.490 e. The van der Waals surface area contributed by atoms with Gasteiger partial charge in [0.15, 0.2) is 0 Å². The van der Waals surface area contributed by atoms with Crippen LogP contribution in [-0.4, -0.2) is 21.1 Å². The molecule has 0 N–H and O–H groups in total. The first kappa shape index (κ1) is 16.5. The zero-order valence-electron chi connectivity index (χ0n) is 14.2. The van der Waals surface area contributed by atoms with Gasteiger partial charge in [0, 0.05) is 6.54 Å². The van der Waals surface area contributed by atoms with Crippen LogP contribution in [0.15, 0.2) is 53.4 Å². The molecule has 0 aromatic heterocycles. The molecule has 0 radical (unpaired) electrons. The summed E-state index contributed by atoms with van der Waals surface area (Å²) in [6.07, 6.45) is 6.65. The lowest BCUT2D eigenvalue weighted by Gasteiger charge is -2.30. The summed E-state index contributed by atoms with van der Waals surface area (Å²) in [7, 11) is -3.54. The molecule has 2 aromatic rings. The highest BCUT2D eigenvalue weighted by Crippen LogP contribution is 2.32. The van der Waals surface area contributed by atoms with Gasteiger partial charge in [0.1, 0.15) is 5.75 Å². The fraction of sp³-hybridized carbons (Fsp3) is 0.400. The van der Waals surface area contributed by atoms with Crippen molar-refractivity contribution in [1.82, 2.24) is 0 Å². The van der Waals surface area contributed by atoms with Gasteiger partial charge in [-0.25, -0.2) is 8.42 Å². The van der Waals surface area contributed by atoms with Gasteiger partial charge < -0.3 is 4.74 Å². The van der Waals surface area contributed by atoms with Gasteiger partial charge in [-0.3, -0.25) is 4.31 Å². The summed E-state index contributed by atoms with van der Waals surface area (Å²) in [6.45, 7) is 0.527. The van der Waals surface area contributed by atoms with Gasteiger partial charge in [-0.05, 0) is 74.4 Å². The largest absolute Gasteiger partial charge is 0.490 e. The second-order valence-electron chi connectivity index (χ2n) is 6.81. The maximum atomic E-state index is 13.1. The lowest BCUT2D eigenvalue weighted by Crippen LogP contribution is -2.35. The molecular formula is C20H23NO3S. The van der Waals surface area contributed by atoms with Crippen molar-refractivity contribution in [3.05, 3.63) is 54.1 Å². The first-order valence-electron chi connectivity index (χ1n) is 9.02. The molecule has 0 spiro atoms. The molecule has 2 aromatic carbocycles. The Morgan fingerprint density at radius 2 is 1.64 bits per heavy atom. The summed E-state index contributed by atoms with van der Waals surface area (Å²) < 4.78 is 33.7. The summed E-state index contributed by atoms with van der Waals surface area (Å²) >= 11 is 0. The van der Waals surface area contributed by atoms with E-state index in [4.69, 9.17) is 4.74 Å². The van der Waals surface area contributed by atoms with Crippen molar-refractivity contribution in [2.24, 2.45) is 0 Å². The fourth-order valence-corrected chi connectivity index (χ4v) is 5.31. The molecule has 0 atom stereocenters. The number of hydrogen-bond donors (Lipinski definition) is 0. The fourth-order valence-electron chi connectivity index (χ4n) is 3.76. The number of ether oxygens (including phenoxy) is 1. The number of anilines is 1. The van der Waals surface area contributed by atoms with Gasteiger partial charge in [0.05, 0.1) is 16.7 Å². The number of hydrogen-bond acceptors (Lipinski definition) is 3. The summed E-state index contributed by atoms with van der Waals surface area (Å²) in [5.74, 6) is 0.755. The van der Waals surface area contributed by atoms with E-state index < -0.39 is 10.0 Å². The van der Waals surface area contributed by atoms with Gasteiger partial charge in [-0.15, -0.1) is 0 Å². The minimum absolute atomic E-state index is 0.274. The van der Waals surface area contributed by atoms with Crippen LogP contribution < -0.4 is 9.04 Å². The first-order valence-corrected chi connectivity index (χ1v) is 10.5. The Hall–Kier alpha value is -2.01. The molecule has 1 aliphatic heterocycles. The number of benzene rings is 2. The average molecular weight is 357 g/mol. The Morgan fingerprint density at radius 1 is 0.920 bits per heavy atom. The molecule has 1 heterocycles. The molecule has 1 saturated carbocycles. The quantitative estimate of drug-likeness (QED) is 0.826. The van der Waals surface area contributed by atoms with E-state index in [2.05, 4.69) is 0 Å². The standard InChI is InChI=1S/C20H23NO3S/c22-25(23,21-15-5-7-16-6-1-4-10-20(16)21)19-13-11-18(12-14-19)24-17-8-2-3-9-17/h1,4,6,10-14,17H,2-3,5,7-9,15H2. The van der Waals surface area contributed by atoms with Crippen molar-refractivity contribution >= 4 is 15.7 Å². The second-order valence-corrected chi connectivity index (χ2v) is 8.67. The van der Waals surface area contributed by atoms with Crippen LogP contribution in [0.4, 0.5) is 5.69 Å². The van der Waals surface area contributed by atoms with Crippen molar-refractivity contribution in [2.75, 3.05) is 10.8 Å². The Morgan fingerprint density at radius 3 is 2.40 bits per heavy atom. The van der Waals surface area contributed by atoms with Crippen molar-refractivity contribution < 1.29 is 13.2 Å². The number of sulfonamides is 1. The topological polar surface area (TPSA) is 46.6 Å². The third-order valence-corrected chi connectivity index (χ3v) is 6.91. The van der Waals surface area contributed by atoms with Crippen LogP contribution >= 0.6 is 0 Å². The molecule has 132 valence electrons. The summed E-state index contributed by atoms with van der Waals surface area (Å²) in [6, 6.07) is 14.6. The molecule has 1 aliphatic carbocycles. The van der Waals surface area contributed by atoms with Crippen LogP contribution in [0.5, 0.6) is 5.75 Å². The predicted molar refractivity (Wildman–Crippen MR) is 98.6 cm³/mol. The van der Waals surface area contributed by atoms with E-state index in [1.807, 2.05) is 24.3 Å². The van der Waals surface area contributed by atoms with Crippen LogP contribution in [0.25, 0.3) is 0 Å². The van der Waals surface area contributed by atoms with Crippen molar-refractivity contribution in [1.29, 1.82) is 0 Å². The van der Waals surface area contributed by atoms with Gasteiger partial charge >= 0.3 is 0 Å². The molecule has 0 bridgehead atoms. The van der Waals surface area contributed by atoms with E-state index in [1.54, 1.807) is 28.6 Å². The highest BCUT2D eigenvalue weighted by molar-refractivity contribution is 7.92. The molecule has 0 unspecified atom stereocenters. The van der Waals surface area contributed by atoms with Gasteiger partial charge in [0.2, 0.25) is 0 Å². The first-order chi connectivity index (χ1) is 12.1. The molecule has 0 saturated heterocycles. The molecule has 25 heavy (non-hydrogen) atoms. The highest BCUT2D eigenvalue weighted by Gasteiger charge is 2.29. The third kappa shape index (κ3) is 3.25. The van der Waals surface area contributed by atoms with Gasteiger partial charge in [-0.2, -0.15) is 0 Å². The van der Waals surface area contributed by atoms with E-state index >= 15 is 0 Å². The zero-order valence-corrected chi connectivity index (χ0v) is 15.0. The lowest BCUT2D eigenvalue weighted by atomic mass is 10.0. The molecule has 4 rings (SSSR count). The number of aryl methyl sites for hydroxylation is 1. The number of para-hydroxylation sites is 1. The van der Waals surface area contributed by atoms with Crippen LogP contribution in [0.3, 0.4) is 0 Å². The number of rotatable bonds is 4. The van der Waals surface area contributed by atoms with E-state index in [-0.39, 0.29) is 6.10 Å². The second kappa shape index (κ2) is 6.71. The SMILES string of the molecule is O=S(=O)(c1ccc(OC2CCCC2)cc1)N1CCCc2ccccc21. The molecule has 0 amide bonds. The van der Waals surface area contributed by atoms with Crippen LogP contribution in [0, 0.1) is 0 Å². The minimum atomic E-state index is -3.54. The van der Waals surface area contributed by atoms with E-state index in [1.165, 1.54) is 12.8 Å². The maximum Gasteiger partial charge on any atom is 0.264 e. The highest BCUT2D eigenvalue weighted by atomic mass is 32.2. The summed E-state index contributed by atoms with van der Waals surface area (Å²) in [5, 5.41) is 0.